The molecule has 8 heteroatoms. The molecule has 0 aromatic heterocycles. The van der Waals surface area contributed by atoms with Crippen molar-refractivity contribution in [2.24, 2.45) is 5.41 Å². The Bertz CT molecular complexity index is 714. The minimum atomic E-state index is -1.40. The van der Waals surface area contributed by atoms with E-state index in [4.69, 9.17) is 4.74 Å². The lowest BCUT2D eigenvalue weighted by Crippen LogP contribution is -2.55. The fourth-order valence-corrected chi connectivity index (χ4v) is 13.1. The van der Waals surface area contributed by atoms with Crippen LogP contribution in [0.25, 0.3) is 0 Å². The highest BCUT2D eigenvalue weighted by molar-refractivity contribution is 6.80. The van der Waals surface area contributed by atoms with Gasteiger partial charge >= 0.3 is 6.09 Å². The first kappa shape index (κ1) is 37.8. The second kappa shape index (κ2) is 17.0. The van der Waals surface area contributed by atoms with Crippen molar-refractivity contribution in [3.8, 4) is 0 Å². The molecule has 0 saturated heterocycles. The minimum absolute atomic E-state index is 0.0652. The number of hydrogen-bond acceptors (Lipinski definition) is 4. The van der Waals surface area contributed by atoms with Gasteiger partial charge in [-0.1, -0.05) is 103 Å². The van der Waals surface area contributed by atoms with Crippen molar-refractivity contribution < 1.29 is 19.1 Å². The van der Waals surface area contributed by atoms with Crippen LogP contribution < -0.4 is 10.6 Å². The number of alkyl carbamates (subject to hydrolysis) is 1. The van der Waals surface area contributed by atoms with Crippen LogP contribution in [0, 0.1) is 5.41 Å². The second-order valence-electron chi connectivity index (χ2n) is 13.3. The summed E-state index contributed by atoms with van der Waals surface area (Å²) in [5.74, 6) is -0.353. The lowest BCUT2D eigenvalue weighted by Gasteiger charge is -2.37. The van der Waals surface area contributed by atoms with Crippen LogP contribution in [0.5, 0.6) is 0 Å². The molecule has 0 aromatic carbocycles. The normalized spacial score (nSPS) is 13.8. The molecule has 0 radical (unpaired) electrons. The molecule has 230 valence electrons. The van der Waals surface area contributed by atoms with Crippen LogP contribution in [-0.2, 0) is 14.3 Å². The summed E-state index contributed by atoms with van der Waals surface area (Å²) < 4.78 is 5.44. The maximum absolute atomic E-state index is 14.3. The smallest absolute Gasteiger partial charge is 0.408 e. The first-order chi connectivity index (χ1) is 18.0. The van der Waals surface area contributed by atoms with Gasteiger partial charge < -0.3 is 15.4 Å². The van der Waals surface area contributed by atoms with Crippen LogP contribution in [0.4, 0.5) is 4.79 Å². The van der Waals surface area contributed by atoms with Crippen molar-refractivity contribution in [1.82, 2.24) is 10.6 Å². The molecule has 2 N–H and O–H groups in total. The quantitative estimate of drug-likeness (QED) is 0.118. The van der Waals surface area contributed by atoms with Crippen LogP contribution in [-0.4, -0.2) is 51.6 Å². The SMILES string of the molecule is CC[Si](CC)(CC)CCCC(CCC[Si](CC)(CC)CC)(C(=O)NC(C)C)C(=O)[C@H](C)NC(=O)OC(C)(C)C. The van der Waals surface area contributed by atoms with Crippen LogP contribution in [0.2, 0.25) is 48.4 Å². The van der Waals surface area contributed by atoms with Gasteiger partial charge in [0.1, 0.15) is 11.0 Å². The summed E-state index contributed by atoms with van der Waals surface area (Å²) in [5.41, 5.74) is -1.81. The van der Waals surface area contributed by atoms with E-state index in [0.717, 1.165) is 24.9 Å². The Morgan fingerprint density at radius 2 is 1.08 bits per heavy atom. The van der Waals surface area contributed by atoms with Crippen LogP contribution >= 0.6 is 0 Å². The molecule has 0 aliphatic heterocycles. The van der Waals surface area contributed by atoms with Gasteiger partial charge in [0.05, 0.1) is 22.2 Å². The van der Waals surface area contributed by atoms with E-state index in [2.05, 4.69) is 52.2 Å². The van der Waals surface area contributed by atoms with Crippen molar-refractivity contribution >= 4 is 33.9 Å². The molecular weight excluding hydrogens is 521 g/mol. The van der Waals surface area contributed by atoms with Gasteiger partial charge in [0.15, 0.2) is 5.78 Å². The van der Waals surface area contributed by atoms with Crippen molar-refractivity contribution in [1.29, 1.82) is 0 Å². The van der Waals surface area contributed by atoms with E-state index in [-0.39, 0.29) is 17.7 Å². The first-order valence-corrected chi connectivity index (χ1v) is 21.6. The largest absolute Gasteiger partial charge is 0.444 e. The number of Topliss-reactive ketones (excluding diaryl/α,β-unsaturated/α-hetero) is 1. The van der Waals surface area contributed by atoms with Gasteiger partial charge in [-0.3, -0.25) is 9.59 Å². The highest BCUT2D eigenvalue weighted by atomic mass is 28.3. The average molecular weight is 585 g/mol. The molecule has 0 spiro atoms. The third-order valence-electron chi connectivity index (χ3n) is 9.57. The third-order valence-corrected chi connectivity index (χ3v) is 21.4. The first-order valence-electron chi connectivity index (χ1n) is 15.9. The van der Waals surface area contributed by atoms with E-state index in [1.54, 1.807) is 27.7 Å². The number of carbonyl (C=O) groups is 3. The maximum atomic E-state index is 14.3. The Balaban J connectivity index is 6.37. The third kappa shape index (κ3) is 11.7. The minimum Gasteiger partial charge on any atom is -0.444 e. The Labute approximate surface area is 243 Å². The number of nitrogens with one attached hydrogen (secondary N) is 2. The summed E-state index contributed by atoms with van der Waals surface area (Å²) in [5, 5.41) is 5.87. The molecule has 2 amide bonds. The standard InChI is InChI=1S/C31H64N2O4Si2/c1-13-38(14-2,15-3)23-19-21-31(28(35)32-25(7)8,22-20-24-39(16-4,17-5)18-6)27(34)26(9)33-29(36)37-30(10,11)12/h25-26H,13-24H2,1-12H3,(H,32,35)(H,33,36)/t26-/m0/s1. The Kier molecular flexibility index (Phi) is 16.4. The van der Waals surface area contributed by atoms with Gasteiger partial charge in [0.25, 0.3) is 0 Å². The van der Waals surface area contributed by atoms with E-state index in [1.165, 1.54) is 36.3 Å². The summed E-state index contributed by atoms with van der Waals surface area (Å²) >= 11 is 0. The zero-order chi connectivity index (χ0) is 30.5. The topological polar surface area (TPSA) is 84.5 Å². The van der Waals surface area contributed by atoms with Crippen LogP contribution in [0.15, 0.2) is 0 Å². The predicted octanol–water partition coefficient (Wildman–Crippen LogP) is 8.56. The number of rotatable bonds is 19. The molecule has 0 bridgehead atoms. The summed E-state index contributed by atoms with van der Waals surface area (Å²) in [6, 6.07) is 8.76. The molecule has 0 fully saturated rings. The summed E-state index contributed by atoms with van der Waals surface area (Å²) in [4.78, 5) is 40.9. The number of ketones is 1. The van der Waals surface area contributed by atoms with E-state index >= 15 is 0 Å². The van der Waals surface area contributed by atoms with Gasteiger partial charge in [0, 0.05) is 6.04 Å². The number of amides is 2. The summed E-state index contributed by atoms with van der Waals surface area (Å²) in [7, 11) is -2.81. The zero-order valence-corrected chi connectivity index (χ0v) is 29.8. The molecule has 0 saturated carbocycles. The van der Waals surface area contributed by atoms with Crippen LogP contribution in [0.1, 0.15) is 109 Å². The predicted molar refractivity (Wildman–Crippen MR) is 172 cm³/mol. The zero-order valence-electron chi connectivity index (χ0n) is 27.8. The highest BCUT2D eigenvalue weighted by Gasteiger charge is 2.48. The lowest BCUT2D eigenvalue weighted by molar-refractivity contribution is -0.145. The van der Waals surface area contributed by atoms with E-state index in [9.17, 15) is 14.4 Å². The maximum Gasteiger partial charge on any atom is 0.408 e. The molecule has 0 aliphatic carbocycles. The molecule has 0 heterocycles. The van der Waals surface area contributed by atoms with Gasteiger partial charge in [-0.15, -0.1) is 0 Å². The second-order valence-corrected chi connectivity index (χ2v) is 24.5. The van der Waals surface area contributed by atoms with Crippen LogP contribution in [0.3, 0.4) is 0 Å². The summed E-state index contributed by atoms with van der Waals surface area (Å²) in [6.07, 6.45) is 2.20. The molecule has 6 nitrogen and oxygen atoms in total. The van der Waals surface area contributed by atoms with Crippen molar-refractivity contribution in [3.63, 3.8) is 0 Å². The van der Waals surface area contributed by atoms with Gasteiger partial charge in [-0.05, 0) is 54.4 Å². The monoisotopic (exact) mass is 584 g/mol. The average Bonchev–Trinajstić information content (AvgIpc) is 2.86. The number of ether oxygens (including phenoxy) is 1. The van der Waals surface area contributed by atoms with Crippen molar-refractivity contribution in [2.45, 2.75) is 175 Å². The number of carbonyl (C=O) groups excluding carboxylic acids is 3. The van der Waals surface area contributed by atoms with E-state index in [0.29, 0.717) is 12.8 Å². The summed E-state index contributed by atoms with van der Waals surface area (Å²) in [6.45, 7) is 24.8. The Hall–Kier alpha value is -1.16. The number of hydrogen-bond donors (Lipinski definition) is 2. The van der Waals surface area contributed by atoms with Gasteiger partial charge in [-0.25, -0.2) is 4.79 Å². The molecule has 0 unspecified atom stereocenters. The molecule has 0 rings (SSSR count). The molecule has 1 atom stereocenters. The highest BCUT2D eigenvalue weighted by Crippen LogP contribution is 2.39. The van der Waals surface area contributed by atoms with E-state index in [1.807, 2.05) is 13.8 Å². The molecular formula is C31H64N2O4Si2. The van der Waals surface area contributed by atoms with Crippen molar-refractivity contribution in [3.05, 3.63) is 0 Å². The fraction of sp³-hybridized carbons (Fsp3) is 0.903. The van der Waals surface area contributed by atoms with E-state index < -0.39 is 39.3 Å². The van der Waals surface area contributed by atoms with Crippen molar-refractivity contribution in [2.75, 3.05) is 0 Å². The Morgan fingerprint density at radius 1 is 0.692 bits per heavy atom. The molecule has 39 heavy (non-hydrogen) atoms. The fourth-order valence-electron chi connectivity index (χ4n) is 6.17. The van der Waals surface area contributed by atoms with Gasteiger partial charge in [-0.2, -0.15) is 0 Å². The lowest BCUT2D eigenvalue weighted by atomic mass is 9.72. The molecule has 0 aliphatic rings. The molecule has 0 aromatic rings. The Morgan fingerprint density at radius 3 is 1.38 bits per heavy atom. The van der Waals surface area contributed by atoms with Gasteiger partial charge in [0.2, 0.25) is 5.91 Å².